The van der Waals surface area contributed by atoms with E-state index in [2.05, 4.69) is 5.32 Å². The highest BCUT2D eigenvalue weighted by atomic mass is 19.4. The molecule has 2 N–H and O–H groups in total. The van der Waals surface area contributed by atoms with E-state index in [0.717, 1.165) is 23.3 Å². The third-order valence-corrected chi connectivity index (χ3v) is 5.78. The van der Waals surface area contributed by atoms with E-state index in [9.17, 15) is 23.1 Å². The third kappa shape index (κ3) is 4.48. The van der Waals surface area contributed by atoms with Crippen molar-refractivity contribution in [3.8, 4) is 5.75 Å². The fourth-order valence-electron chi connectivity index (χ4n) is 4.17. The molecule has 1 aliphatic heterocycles. The molecule has 0 bridgehead atoms. The van der Waals surface area contributed by atoms with Gasteiger partial charge in [0.1, 0.15) is 5.75 Å². The standard InChI is InChI=1S/C25H23F3N2O2/c1-16(17-6-3-2-4-7-17)29-22-15-23(18-8-5-9-21(31)14-18)30(24(22)32)20-12-10-19(11-13-20)25(26,27)28/h2-14,16,22-23,29,31H,15H2,1H3/t16-,22-,23-/m1/s1. The number of rotatable bonds is 5. The van der Waals surface area contributed by atoms with Crippen molar-refractivity contribution in [2.24, 2.45) is 0 Å². The summed E-state index contributed by atoms with van der Waals surface area (Å²) < 4.78 is 39.0. The molecule has 0 aliphatic carbocycles. The molecule has 3 aromatic rings. The van der Waals surface area contributed by atoms with Gasteiger partial charge in [-0.05, 0) is 60.9 Å². The molecule has 3 aromatic carbocycles. The summed E-state index contributed by atoms with van der Waals surface area (Å²) >= 11 is 0. The van der Waals surface area contributed by atoms with Gasteiger partial charge in [-0.1, -0.05) is 42.5 Å². The van der Waals surface area contributed by atoms with E-state index in [1.165, 1.54) is 23.1 Å². The van der Waals surface area contributed by atoms with E-state index in [-0.39, 0.29) is 17.7 Å². The van der Waals surface area contributed by atoms with Gasteiger partial charge in [0, 0.05) is 11.7 Å². The second-order valence-corrected chi connectivity index (χ2v) is 7.95. The monoisotopic (exact) mass is 440 g/mol. The van der Waals surface area contributed by atoms with Crippen molar-refractivity contribution in [1.82, 2.24) is 5.32 Å². The van der Waals surface area contributed by atoms with Crippen LogP contribution in [0.1, 0.15) is 42.1 Å². The number of carbonyl (C=O) groups is 1. The molecule has 0 saturated carbocycles. The minimum absolute atomic E-state index is 0.0661. The minimum atomic E-state index is -4.45. The Labute approximate surface area is 184 Å². The first-order valence-corrected chi connectivity index (χ1v) is 10.3. The van der Waals surface area contributed by atoms with Gasteiger partial charge >= 0.3 is 6.18 Å². The van der Waals surface area contributed by atoms with Crippen molar-refractivity contribution in [3.05, 3.63) is 95.6 Å². The van der Waals surface area contributed by atoms with E-state index in [4.69, 9.17) is 0 Å². The van der Waals surface area contributed by atoms with Crippen molar-refractivity contribution in [2.75, 3.05) is 4.90 Å². The molecule has 1 fully saturated rings. The summed E-state index contributed by atoms with van der Waals surface area (Å²) in [5.74, 6) is -0.155. The molecular formula is C25H23F3N2O2. The molecule has 1 saturated heterocycles. The fourth-order valence-corrected chi connectivity index (χ4v) is 4.17. The third-order valence-electron chi connectivity index (χ3n) is 5.78. The molecule has 0 aromatic heterocycles. The van der Waals surface area contributed by atoms with E-state index in [0.29, 0.717) is 12.1 Å². The maximum Gasteiger partial charge on any atom is 0.416 e. The molecule has 1 aliphatic rings. The number of nitrogens with one attached hydrogen (secondary N) is 1. The molecule has 1 amide bonds. The maximum absolute atomic E-state index is 13.4. The van der Waals surface area contributed by atoms with Crippen LogP contribution in [-0.4, -0.2) is 17.1 Å². The first kappa shape index (κ1) is 21.9. The Morgan fingerprint density at radius 3 is 2.31 bits per heavy atom. The van der Waals surface area contributed by atoms with Crippen LogP contribution >= 0.6 is 0 Å². The van der Waals surface area contributed by atoms with Crippen LogP contribution < -0.4 is 10.2 Å². The number of aromatic hydroxyl groups is 1. The number of phenolic OH excluding ortho intramolecular Hbond substituents is 1. The fraction of sp³-hybridized carbons (Fsp3) is 0.240. The van der Waals surface area contributed by atoms with Gasteiger partial charge in [-0.3, -0.25) is 10.1 Å². The van der Waals surface area contributed by atoms with Crippen LogP contribution in [0.4, 0.5) is 18.9 Å². The predicted molar refractivity (Wildman–Crippen MR) is 116 cm³/mol. The molecule has 166 valence electrons. The molecule has 1 heterocycles. The quantitative estimate of drug-likeness (QED) is 0.542. The summed E-state index contributed by atoms with van der Waals surface area (Å²) in [6.07, 6.45) is -4.03. The summed E-state index contributed by atoms with van der Waals surface area (Å²) in [5, 5.41) is 13.3. The van der Waals surface area contributed by atoms with Gasteiger partial charge in [0.2, 0.25) is 5.91 Å². The molecule has 0 unspecified atom stereocenters. The first-order valence-electron chi connectivity index (χ1n) is 10.3. The van der Waals surface area contributed by atoms with Crippen LogP contribution in [0.25, 0.3) is 0 Å². The van der Waals surface area contributed by atoms with Gasteiger partial charge in [-0.15, -0.1) is 0 Å². The number of alkyl halides is 3. The molecule has 32 heavy (non-hydrogen) atoms. The molecule has 4 nitrogen and oxygen atoms in total. The van der Waals surface area contributed by atoms with Gasteiger partial charge in [-0.2, -0.15) is 13.2 Å². The van der Waals surface area contributed by atoms with Gasteiger partial charge in [-0.25, -0.2) is 0 Å². The number of amides is 1. The number of anilines is 1. The lowest BCUT2D eigenvalue weighted by molar-refractivity contribution is -0.137. The Morgan fingerprint density at radius 2 is 1.69 bits per heavy atom. The first-order chi connectivity index (χ1) is 15.2. The molecular weight excluding hydrogens is 417 g/mol. The van der Waals surface area contributed by atoms with Gasteiger partial charge in [0.15, 0.2) is 0 Å². The van der Waals surface area contributed by atoms with Crippen molar-refractivity contribution in [1.29, 1.82) is 0 Å². The highest BCUT2D eigenvalue weighted by molar-refractivity contribution is 6.00. The second kappa shape index (κ2) is 8.67. The maximum atomic E-state index is 13.4. The van der Waals surface area contributed by atoms with E-state index in [1.54, 1.807) is 18.2 Å². The number of phenols is 1. The number of benzene rings is 3. The van der Waals surface area contributed by atoms with E-state index >= 15 is 0 Å². The topological polar surface area (TPSA) is 52.6 Å². The van der Waals surface area contributed by atoms with E-state index < -0.39 is 23.8 Å². The lowest BCUT2D eigenvalue weighted by Crippen LogP contribution is -2.39. The zero-order valence-corrected chi connectivity index (χ0v) is 17.4. The van der Waals surface area contributed by atoms with Crippen LogP contribution in [0, 0.1) is 0 Å². The van der Waals surface area contributed by atoms with Gasteiger partial charge < -0.3 is 10.0 Å². The average molecular weight is 440 g/mol. The van der Waals surface area contributed by atoms with Crippen LogP contribution in [0.15, 0.2) is 78.9 Å². The number of nitrogens with zero attached hydrogens (tertiary/aromatic N) is 1. The zero-order valence-electron chi connectivity index (χ0n) is 17.4. The highest BCUT2D eigenvalue weighted by Crippen LogP contribution is 2.40. The largest absolute Gasteiger partial charge is 0.508 e. The van der Waals surface area contributed by atoms with Crippen LogP contribution in [0.2, 0.25) is 0 Å². The van der Waals surface area contributed by atoms with E-state index in [1.807, 2.05) is 37.3 Å². The minimum Gasteiger partial charge on any atom is -0.508 e. The second-order valence-electron chi connectivity index (χ2n) is 7.95. The summed E-state index contributed by atoms with van der Waals surface area (Å²) in [6, 6.07) is 19.9. The Kier molecular flexibility index (Phi) is 5.93. The van der Waals surface area contributed by atoms with Gasteiger partial charge in [0.25, 0.3) is 0 Å². The predicted octanol–water partition coefficient (Wildman–Crippen LogP) is 5.61. The Bertz CT molecular complexity index is 1080. The molecule has 3 atom stereocenters. The number of halogens is 3. The lowest BCUT2D eigenvalue weighted by Gasteiger charge is -2.25. The zero-order chi connectivity index (χ0) is 22.9. The molecule has 0 spiro atoms. The van der Waals surface area contributed by atoms with Crippen molar-refractivity contribution < 1.29 is 23.1 Å². The van der Waals surface area contributed by atoms with Gasteiger partial charge in [0.05, 0.1) is 17.6 Å². The molecule has 4 rings (SSSR count). The average Bonchev–Trinajstić information content (AvgIpc) is 3.10. The van der Waals surface area contributed by atoms with Crippen LogP contribution in [0.5, 0.6) is 5.75 Å². The number of hydrogen-bond acceptors (Lipinski definition) is 3. The molecule has 0 radical (unpaired) electrons. The Balaban J connectivity index is 1.66. The van der Waals surface area contributed by atoms with Crippen LogP contribution in [0.3, 0.4) is 0 Å². The Hall–Kier alpha value is -3.32. The highest BCUT2D eigenvalue weighted by Gasteiger charge is 2.42. The molecule has 7 heteroatoms. The lowest BCUT2D eigenvalue weighted by atomic mass is 10.0. The van der Waals surface area contributed by atoms with Crippen molar-refractivity contribution >= 4 is 11.6 Å². The van der Waals surface area contributed by atoms with Crippen molar-refractivity contribution in [2.45, 2.75) is 37.6 Å². The number of hydrogen-bond donors (Lipinski definition) is 2. The number of carbonyl (C=O) groups excluding carboxylic acids is 1. The summed E-state index contributed by atoms with van der Waals surface area (Å²) in [4.78, 5) is 14.9. The summed E-state index contributed by atoms with van der Waals surface area (Å²) in [7, 11) is 0. The van der Waals surface area contributed by atoms with Crippen molar-refractivity contribution in [3.63, 3.8) is 0 Å². The SMILES string of the molecule is C[C@@H](N[C@@H]1C[C@H](c2cccc(O)c2)N(c2ccc(C(F)(F)F)cc2)C1=O)c1ccccc1. The van der Waals surface area contributed by atoms with Crippen LogP contribution in [-0.2, 0) is 11.0 Å². The summed E-state index contributed by atoms with van der Waals surface area (Å²) in [6.45, 7) is 1.97. The summed E-state index contributed by atoms with van der Waals surface area (Å²) in [5.41, 5.74) is 1.36. The normalized spacial score (nSPS) is 19.9. The smallest absolute Gasteiger partial charge is 0.416 e. The Morgan fingerprint density at radius 1 is 1.00 bits per heavy atom.